The zero-order chi connectivity index (χ0) is 9.68. The van der Waals surface area contributed by atoms with Gasteiger partial charge in [0.1, 0.15) is 0 Å². The Morgan fingerprint density at radius 1 is 1.77 bits per heavy atom. The molecule has 0 fully saturated rings. The summed E-state index contributed by atoms with van der Waals surface area (Å²) >= 11 is 1.39. The highest BCUT2D eigenvalue weighted by atomic mass is 32.2. The van der Waals surface area contributed by atoms with E-state index in [4.69, 9.17) is 0 Å². The highest BCUT2D eigenvalue weighted by molar-refractivity contribution is 7.99. The number of nitrogens with zero attached hydrogens (tertiary/aromatic N) is 2. The third kappa shape index (κ3) is 2.77. The number of methoxy groups -OCH3 is 1. The van der Waals surface area contributed by atoms with Crippen LogP contribution < -0.4 is 0 Å². The fourth-order valence-corrected chi connectivity index (χ4v) is 1.71. The predicted molar refractivity (Wildman–Crippen MR) is 50.6 cm³/mol. The third-order valence-corrected chi connectivity index (χ3v) is 2.54. The lowest BCUT2D eigenvalue weighted by molar-refractivity contribution is -0.137. The summed E-state index contributed by atoms with van der Waals surface area (Å²) in [4.78, 5) is 14.9. The summed E-state index contributed by atoms with van der Waals surface area (Å²) in [6, 6.07) is 0. The first kappa shape index (κ1) is 10.1. The highest BCUT2D eigenvalue weighted by Gasteiger charge is 2.05. The van der Waals surface area contributed by atoms with Crippen molar-refractivity contribution in [2.24, 2.45) is 0 Å². The molecule has 0 atom stereocenters. The van der Waals surface area contributed by atoms with Gasteiger partial charge in [0.15, 0.2) is 5.16 Å². The molecule has 1 heterocycles. The Hall–Kier alpha value is -0.970. The van der Waals surface area contributed by atoms with Crippen molar-refractivity contribution in [1.29, 1.82) is 0 Å². The second kappa shape index (κ2) is 4.91. The van der Waals surface area contributed by atoms with E-state index >= 15 is 0 Å². The van der Waals surface area contributed by atoms with Crippen LogP contribution in [0.25, 0.3) is 0 Å². The molecule has 0 aliphatic heterocycles. The summed E-state index contributed by atoms with van der Waals surface area (Å²) in [5.74, 6) is 0.0868. The molecule has 0 amide bonds. The Kier molecular flexibility index (Phi) is 3.82. The zero-order valence-corrected chi connectivity index (χ0v) is 8.50. The van der Waals surface area contributed by atoms with Gasteiger partial charge in [-0.3, -0.25) is 4.79 Å². The van der Waals surface area contributed by atoms with E-state index < -0.39 is 0 Å². The Morgan fingerprint density at radius 3 is 3.15 bits per heavy atom. The van der Waals surface area contributed by atoms with E-state index in [1.165, 1.54) is 18.9 Å². The smallest absolute Gasteiger partial charge is 0.316 e. The lowest BCUT2D eigenvalue weighted by Gasteiger charge is -2.02. The van der Waals surface area contributed by atoms with Gasteiger partial charge in [-0.15, -0.1) is 0 Å². The minimum absolute atomic E-state index is 0.226. The molecule has 1 aromatic rings. The maximum Gasteiger partial charge on any atom is 0.316 e. The monoisotopic (exact) mass is 200 g/mol. The van der Waals surface area contributed by atoms with Crippen LogP contribution >= 0.6 is 11.8 Å². The van der Waals surface area contributed by atoms with Gasteiger partial charge in [0.25, 0.3) is 0 Å². The van der Waals surface area contributed by atoms with E-state index in [0.29, 0.717) is 5.75 Å². The molecule has 0 aliphatic rings. The van der Waals surface area contributed by atoms with Crippen molar-refractivity contribution >= 4 is 17.7 Å². The van der Waals surface area contributed by atoms with Crippen LogP contribution in [0.2, 0.25) is 0 Å². The maximum atomic E-state index is 10.8. The minimum atomic E-state index is -0.226. The fraction of sp³-hybridized carbons (Fsp3) is 0.500. The molecule has 13 heavy (non-hydrogen) atoms. The van der Waals surface area contributed by atoms with Crippen molar-refractivity contribution in [3.63, 3.8) is 0 Å². The first-order chi connectivity index (χ1) is 6.27. The third-order valence-electron chi connectivity index (χ3n) is 1.56. The van der Waals surface area contributed by atoms with Gasteiger partial charge in [0.05, 0.1) is 12.9 Å². The van der Waals surface area contributed by atoms with Crippen LogP contribution in [0.4, 0.5) is 0 Å². The average Bonchev–Trinajstić information content (AvgIpc) is 2.61. The van der Waals surface area contributed by atoms with E-state index in [9.17, 15) is 4.79 Å². The number of aryl methyl sites for hydroxylation is 1. The van der Waals surface area contributed by atoms with Crippen molar-refractivity contribution in [2.45, 2.75) is 18.6 Å². The maximum absolute atomic E-state index is 10.8. The van der Waals surface area contributed by atoms with Gasteiger partial charge in [0.2, 0.25) is 0 Å². The van der Waals surface area contributed by atoms with Crippen molar-refractivity contribution in [1.82, 2.24) is 9.55 Å². The van der Waals surface area contributed by atoms with Crippen LogP contribution in [0, 0.1) is 0 Å². The van der Waals surface area contributed by atoms with Gasteiger partial charge in [0, 0.05) is 18.9 Å². The number of rotatable bonds is 4. The van der Waals surface area contributed by atoms with Gasteiger partial charge in [-0.2, -0.15) is 0 Å². The minimum Gasteiger partial charge on any atom is -0.468 e. The molecule has 0 N–H and O–H groups in total. The Balaban J connectivity index is 2.49. The first-order valence-corrected chi connectivity index (χ1v) is 4.97. The number of aromatic nitrogens is 2. The van der Waals surface area contributed by atoms with Crippen molar-refractivity contribution in [2.75, 3.05) is 12.9 Å². The number of hydrogen-bond acceptors (Lipinski definition) is 4. The lowest BCUT2D eigenvalue weighted by Crippen LogP contribution is -2.04. The van der Waals surface area contributed by atoms with Crippen molar-refractivity contribution in [3.8, 4) is 0 Å². The second-order valence-corrected chi connectivity index (χ2v) is 3.30. The standard InChI is InChI=1S/C8H12N2O2S/c1-3-10-5-4-9-8(10)13-6-7(11)12-2/h4-5H,3,6H2,1-2H3. The largest absolute Gasteiger partial charge is 0.468 e. The zero-order valence-electron chi connectivity index (χ0n) is 7.69. The molecule has 1 rings (SSSR count). The van der Waals surface area contributed by atoms with Crippen LogP contribution in [-0.2, 0) is 16.1 Å². The predicted octanol–water partition coefficient (Wildman–Crippen LogP) is 1.17. The number of imidazole rings is 1. The Morgan fingerprint density at radius 2 is 2.54 bits per heavy atom. The number of hydrogen-bond donors (Lipinski definition) is 0. The molecule has 4 nitrogen and oxygen atoms in total. The topological polar surface area (TPSA) is 44.1 Å². The van der Waals surface area contributed by atoms with Gasteiger partial charge >= 0.3 is 5.97 Å². The Labute approximate surface area is 81.3 Å². The van der Waals surface area contributed by atoms with Crippen LogP contribution in [0.1, 0.15) is 6.92 Å². The summed E-state index contributed by atoms with van der Waals surface area (Å²) in [6.07, 6.45) is 3.61. The van der Waals surface area contributed by atoms with E-state index in [0.717, 1.165) is 11.7 Å². The van der Waals surface area contributed by atoms with Crippen LogP contribution in [-0.4, -0.2) is 28.4 Å². The summed E-state index contributed by atoms with van der Waals surface area (Å²) in [6.45, 7) is 2.90. The molecule has 0 saturated carbocycles. The molecule has 5 heteroatoms. The number of carbonyl (C=O) groups is 1. The number of esters is 1. The van der Waals surface area contributed by atoms with Crippen molar-refractivity contribution in [3.05, 3.63) is 12.4 Å². The second-order valence-electron chi connectivity index (χ2n) is 2.36. The van der Waals surface area contributed by atoms with Gasteiger partial charge in [-0.1, -0.05) is 11.8 Å². The SMILES string of the molecule is CCn1ccnc1SCC(=O)OC. The summed E-state index contributed by atoms with van der Waals surface area (Å²) in [5.41, 5.74) is 0. The molecule has 0 aliphatic carbocycles. The molecule has 0 bridgehead atoms. The number of ether oxygens (including phenoxy) is 1. The molecule has 0 radical (unpaired) electrons. The van der Waals surface area contributed by atoms with Crippen LogP contribution in [0.5, 0.6) is 0 Å². The molecular formula is C8H12N2O2S. The lowest BCUT2D eigenvalue weighted by atomic mass is 10.7. The summed E-state index contributed by atoms with van der Waals surface area (Å²) in [5, 5.41) is 0.855. The van der Waals surface area contributed by atoms with E-state index in [1.54, 1.807) is 6.20 Å². The number of carbonyl (C=O) groups excluding carboxylic acids is 1. The molecule has 0 spiro atoms. The van der Waals surface area contributed by atoms with Gasteiger partial charge in [-0.05, 0) is 6.92 Å². The number of thioether (sulfide) groups is 1. The molecular weight excluding hydrogens is 188 g/mol. The van der Waals surface area contributed by atoms with Gasteiger partial charge < -0.3 is 9.30 Å². The highest BCUT2D eigenvalue weighted by Crippen LogP contribution is 2.15. The molecule has 0 saturated heterocycles. The molecule has 1 aromatic heterocycles. The van der Waals surface area contributed by atoms with E-state index in [2.05, 4.69) is 9.72 Å². The summed E-state index contributed by atoms with van der Waals surface area (Å²) < 4.78 is 6.50. The average molecular weight is 200 g/mol. The van der Waals surface area contributed by atoms with Gasteiger partial charge in [-0.25, -0.2) is 4.98 Å². The molecule has 72 valence electrons. The van der Waals surface area contributed by atoms with E-state index in [-0.39, 0.29) is 5.97 Å². The summed E-state index contributed by atoms with van der Waals surface area (Å²) in [7, 11) is 1.38. The quantitative estimate of drug-likeness (QED) is 0.540. The first-order valence-electron chi connectivity index (χ1n) is 3.98. The fourth-order valence-electron chi connectivity index (χ4n) is 0.859. The van der Waals surface area contributed by atoms with Crippen molar-refractivity contribution < 1.29 is 9.53 Å². The Bertz CT molecular complexity index is 285. The molecule has 0 aromatic carbocycles. The van der Waals surface area contributed by atoms with Crippen LogP contribution in [0.15, 0.2) is 17.6 Å². The normalized spacial score (nSPS) is 10.0. The van der Waals surface area contributed by atoms with Crippen LogP contribution in [0.3, 0.4) is 0 Å². The molecule has 0 unspecified atom stereocenters. The van der Waals surface area contributed by atoms with E-state index in [1.807, 2.05) is 17.7 Å².